The van der Waals surface area contributed by atoms with Gasteiger partial charge in [0.25, 0.3) is 5.91 Å². The number of esters is 1. The number of amides is 1. The molecule has 0 bridgehead atoms. The first-order chi connectivity index (χ1) is 8.63. The number of likely N-dealkylation sites (tertiary alicyclic amines) is 1. The van der Waals surface area contributed by atoms with Gasteiger partial charge < -0.3 is 9.64 Å². The summed E-state index contributed by atoms with van der Waals surface area (Å²) in [5, 5.41) is 0. The van der Waals surface area contributed by atoms with E-state index in [0.717, 1.165) is 6.42 Å². The van der Waals surface area contributed by atoms with Crippen LogP contribution in [0.4, 0.5) is 4.39 Å². The molecule has 0 aliphatic carbocycles. The summed E-state index contributed by atoms with van der Waals surface area (Å²) in [6.45, 7) is 0.455. The summed E-state index contributed by atoms with van der Waals surface area (Å²) in [6.07, 6.45) is 1.29. The molecule has 0 saturated carbocycles. The molecular weight excluding hydrogens is 239 g/mol. The lowest BCUT2D eigenvalue weighted by molar-refractivity contribution is -0.145. The Labute approximate surface area is 104 Å². The summed E-state index contributed by atoms with van der Waals surface area (Å²) in [7, 11) is 1.28. The molecule has 1 aromatic heterocycles. The Balaban J connectivity index is 2.20. The zero-order valence-electron chi connectivity index (χ0n) is 9.93. The van der Waals surface area contributed by atoms with Crippen LogP contribution in [0.5, 0.6) is 0 Å². The molecule has 1 aliphatic rings. The minimum atomic E-state index is -0.713. The molecule has 1 amide bonds. The van der Waals surface area contributed by atoms with Gasteiger partial charge in [-0.2, -0.15) is 4.39 Å². The van der Waals surface area contributed by atoms with Crippen molar-refractivity contribution in [2.24, 2.45) is 0 Å². The van der Waals surface area contributed by atoms with Crippen LogP contribution in [0.15, 0.2) is 18.2 Å². The first kappa shape index (κ1) is 12.5. The van der Waals surface area contributed by atoms with Crippen LogP contribution in [-0.4, -0.2) is 41.5 Å². The predicted molar refractivity (Wildman–Crippen MR) is 60.3 cm³/mol. The van der Waals surface area contributed by atoms with E-state index < -0.39 is 23.9 Å². The summed E-state index contributed by atoms with van der Waals surface area (Å²) >= 11 is 0. The van der Waals surface area contributed by atoms with Gasteiger partial charge >= 0.3 is 5.97 Å². The lowest BCUT2D eigenvalue weighted by Crippen LogP contribution is -2.41. The van der Waals surface area contributed by atoms with Crippen LogP contribution >= 0.6 is 0 Å². The first-order valence-electron chi connectivity index (χ1n) is 5.65. The van der Waals surface area contributed by atoms with Gasteiger partial charge in [0.15, 0.2) is 0 Å². The van der Waals surface area contributed by atoms with E-state index in [1.165, 1.54) is 30.2 Å². The van der Waals surface area contributed by atoms with Crippen molar-refractivity contribution >= 4 is 11.9 Å². The molecule has 2 rings (SSSR count). The SMILES string of the molecule is COC(=O)C1CCCN1C(=O)c1cccc(F)n1. The molecule has 96 valence electrons. The molecule has 0 radical (unpaired) electrons. The number of hydrogen-bond donors (Lipinski definition) is 0. The van der Waals surface area contributed by atoms with Crippen molar-refractivity contribution in [3.05, 3.63) is 29.8 Å². The average Bonchev–Trinajstić information content (AvgIpc) is 2.86. The van der Waals surface area contributed by atoms with Gasteiger partial charge in [-0.15, -0.1) is 0 Å². The third-order valence-electron chi connectivity index (χ3n) is 2.92. The second-order valence-corrected chi connectivity index (χ2v) is 4.03. The molecule has 0 spiro atoms. The van der Waals surface area contributed by atoms with E-state index in [2.05, 4.69) is 9.72 Å². The van der Waals surface area contributed by atoms with Crippen molar-refractivity contribution in [2.75, 3.05) is 13.7 Å². The van der Waals surface area contributed by atoms with Gasteiger partial charge in [-0.3, -0.25) is 4.79 Å². The number of carbonyl (C=O) groups excluding carboxylic acids is 2. The Morgan fingerprint density at radius 3 is 2.94 bits per heavy atom. The maximum atomic E-state index is 13.0. The fourth-order valence-corrected chi connectivity index (χ4v) is 2.07. The fraction of sp³-hybridized carbons (Fsp3) is 0.417. The topological polar surface area (TPSA) is 59.5 Å². The molecule has 18 heavy (non-hydrogen) atoms. The zero-order chi connectivity index (χ0) is 13.1. The summed E-state index contributed by atoms with van der Waals surface area (Å²) in [5.74, 6) is -1.60. The minimum absolute atomic E-state index is 0.00537. The molecule has 0 aromatic carbocycles. The molecule has 1 atom stereocenters. The van der Waals surface area contributed by atoms with Crippen molar-refractivity contribution in [1.82, 2.24) is 9.88 Å². The highest BCUT2D eigenvalue weighted by Gasteiger charge is 2.35. The number of hydrogen-bond acceptors (Lipinski definition) is 4. The maximum absolute atomic E-state index is 13.0. The van der Waals surface area contributed by atoms with Crippen LogP contribution in [-0.2, 0) is 9.53 Å². The summed E-state index contributed by atoms with van der Waals surface area (Å²) in [4.78, 5) is 28.5. The first-order valence-corrected chi connectivity index (χ1v) is 5.65. The van der Waals surface area contributed by atoms with Gasteiger partial charge in [-0.25, -0.2) is 9.78 Å². The molecule has 1 unspecified atom stereocenters. The quantitative estimate of drug-likeness (QED) is 0.582. The van der Waals surface area contributed by atoms with Crippen molar-refractivity contribution in [3.8, 4) is 0 Å². The second-order valence-electron chi connectivity index (χ2n) is 4.03. The van der Waals surface area contributed by atoms with Crippen LogP contribution < -0.4 is 0 Å². The molecular formula is C12H13FN2O3. The molecule has 5 nitrogen and oxygen atoms in total. The van der Waals surface area contributed by atoms with Gasteiger partial charge in [-0.05, 0) is 25.0 Å². The monoisotopic (exact) mass is 252 g/mol. The number of nitrogens with zero attached hydrogens (tertiary/aromatic N) is 2. The van der Waals surface area contributed by atoms with Gasteiger partial charge in [-0.1, -0.05) is 6.07 Å². The molecule has 1 aliphatic heterocycles. The fourth-order valence-electron chi connectivity index (χ4n) is 2.07. The summed E-state index contributed by atoms with van der Waals surface area (Å²) in [5.41, 5.74) is 0.00537. The Bertz CT molecular complexity index is 478. The van der Waals surface area contributed by atoms with E-state index in [0.29, 0.717) is 13.0 Å². The third-order valence-corrected chi connectivity index (χ3v) is 2.92. The Morgan fingerprint density at radius 1 is 1.50 bits per heavy atom. The van der Waals surface area contributed by atoms with Gasteiger partial charge in [0.2, 0.25) is 5.95 Å². The lowest BCUT2D eigenvalue weighted by atomic mass is 10.2. The van der Waals surface area contributed by atoms with E-state index in [1.54, 1.807) is 0 Å². The van der Waals surface area contributed by atoms with Crippen LogP contribution in [0.2, 0.25) is 0 Å². The normalized spacial score (nSPS) is 18.8. The maximum Gasteiger partial charge on any atom is 0.328 e. The van der Waals surface area contributed by atoms with Crippen LogP contribution in [0.1, 0.15) is 23.3 Å². The van der Waals surface area contributed by atoms with Crippen molar-refractivity contribution in [3.63, 3.8) is 0 Å². The number of methoxy groups -OCH3 is 1. The van der Waals surface area contributed by atoms with E-state index >= 15 is 0 Å². The van der Waals surface area contributed by atoms with Crippen LogP contribution in [0.25, 0.3) is 0 Å². The standard InChI is InChI=1S/C12H13FN2O3/c1-18-12(17)9-5-3-7-15(9)11(16)8-4-2-6-10(13)14-8/h2,4,6,9H,3,5,7H2,1H3. The minimum Gasteiger partial charge on any atom is -0.467 e. The second kappa shape index (κ2) is 5.12. The average molecular weight is 252 g/mol. The van der Waals surface area contributed by atoms with Gasteiger partial charge in [0.05, 0.1) is 7.11 Å². The number of carbonyl (C=O) groups is 2. The number of halogens is 1. The Morgan fingerprint density at radius 2 is 2.28 bits per heavy atom. The highest BCUT2D eigenvalue weighted by Crippen LogP contribution is 2.20. The van der Waals surface area contributed by atoms with E-state index in [1.807, 2.05) is 0 Å². The number of ether oxygens (including phenoxy) is 1. The number of rotatable bonds is 2. The number of pyridine rings is 1. The highest BCUT2D eigenvalue weighted by atomic mass is 19.1. The van der Waals surface area contributed by atoms with Crippen LogP contribution in [0, 0.1) is 5.95 Å². The summed E-state index contributed by atoms with van der Waals surface area (Å²) < 4.78 is 17.6. The van der Waals surface area contributed by atoms with Crippen molar-refractivity contribution < 1.29 is 18.7 Å². The Hall–Kier alpha value is -1.98. The Kier molecular flexibility index (Phi) is 3.55. The number of aromatic nitrogens is 1. The highest BCUT2D eigenvalue weighted by molar-refractivity contribution is 5.95. The largest absolute Gasteiger partial charge is 0.467 e. The lowest BCUT2D eigenvalue weighted by Gasteiger charge is -2.22. The van der Waals surface area contributed by atoms with E-state index in [9.17, 15) is 14.0 Å². The molecule has 1 aromatic rings. The molecule has 0 N–H and O–H groups in total. The molecule has 1 saturated heterocycles. The molecule has 6 heteroatoms. The molecule has 1 fully saturated rings. The van der Waals surface area contributed by atoms with Gasteiger partial charge in [0, 0.05) is 6.54 Å². The van der Waals surface area contributed by atoms with Crippen LogP contribution in [0.3, 0.4) is 0 Å². The van der Waals surface area contributed by atoms with Gasteiger partial charge in [0.1, 0.15) is 11.7 Å². The van der Waals surface area contributed by atoms with Crippen molar-refractivity contribution in [1.29, 1.82) is 0 Å². The smallest absolute Gasteiger partial charge is 0.328 e. The van der Waals surface area contributed by atoms with E-state index in [-0.39, 0.29) is 5.69 Å². The molecule has 2 heterocycles. The zero-order valence-corrected chi connectivity index (χ0v) is 9.93. The summed E-state index contributed by atoms with van der Waals surface area (Å²) in [6, 6.07) is 3.42. The van der Waals surface area contributed by atoms with Crippen molar-refractivity contribution in [2.45, 2.75) is 18.9 Å². The predicted octanol–water partition coefficient (Wildman–Crippen LogP) is 0.998. The van der Waals surface area contributed by atoms with E-state index in [4.69, 9.17) is 0 Å². The third kappa shape index (κ3) is 2.32.